The minimum absolute atomic E-state index is 0.0858. The first-order valence-electron chi connectivity index (χ1n) is 6.85. The van der Waals surface area contributed by atoms with E-state index in [4.69, 9.17) is 4.74 Å². The Balaban J connectivity index is 2.43. The fraction of sp³-hybridized carbons (Fsp3) is 0.467. The fourth-order valence-corrected chi connectivity index (χ4v) is 1.76. The zero-order chi connectivity index (χ0) is 15.7. The maximum atomic E-state index is 11.5. The predicted molar refractivity (Wildman–Crippen MR) is 84.5 cm³/mol. The first-order valence-corrected chi connectivity index (χ1v) is 6.85. The summed E-state index contributed by atoms with van der Waals surface area (Å²) in [7, 11) is 6.85. The predicted octanol–water partition coefficient (Wildman–Crippen LogP) is 0.839. The van der Waals surface area contributed by atoms with Crippen LogP contribution < -0.4 is 15.4 Å². The van der Waals surface area contributed by atoms with E-state index in [-0.39, 0.29) is 5.91 Å². The minimum atomic E-state index is 0.0858. The van der Waals surface area contributed by atoms with E-state index in [1.54, 1.807) is 33.2 Å². The number of nitrogens with one attached hydrogen (secondary N) is 2. The smallest absolute Gasteiger partial charge is 0.223 e. The van der Waals surface area contributed by atoms with E-state index in [1.807, 2.05) is 24.3 Å². The summed E-state index contributed by atoms with van der Waals surface area (Å²) < 4.78 is 5.30. The molecule has 0 aliphatic rings. The van der Waals surface area contributed by atoms with Crippen LogP contribution in [0.15, 0.2) is 29.3 Å². The average molecular weight is 292 g/mol. The summed E-state index contributed by atoms with van der Waals surface area (Å²) in [4.78, 5) is 17.2. The molecule has 6 heteroatoms. The van der Waals surface area contributed by atoms with Gasteiger partial charge < -0.3 is 20.3 Å². The van der Waals surface area contributed by atoms with Crippen LogP contribution in [-0.4, -0.2) is 51.6 Å². The molecule has 21 heavy (non-hydrogen) atoms. The number of methoxy groups -OCH3 is 1. The zero-order valence-electron chi connectivity index (χ0n) is 13.1. The summed E-state index contributed by atoms with van der Waals surface area (Å²) in [6, 6.07) is 7.81. The molecule has 0 unspecified atom stereocenters. The second kappa shape index (κ2) is 8.84. The molecular formula is C15H24N4O2. The van der Waals surface area contributed by atoms with Crippen molar-refractivity contribution in [3.8, 4) is 5.75 Å². The van der Waals surface area contributed by atoms with Crippen LogP contribution in [-0.2, 0) is 11.3 Å². The zero-order valence-corrected chi connectivity index (χ0v) is 13.1. The van der Waals surface area contributed by atoms with Gasteiger partial charge in [0.2, 0.25) is 5.91 Å². The Morgan fingerprint density at radius 2 is 2.00 bits per heavy atom. The number of guanidine groups is 1. The highest BCUT2D eigenvalue weighted by Crippen LogP contribution is 2.16. The Morgan fingerprint density at radius 1 is 1.29 bits per heavy atom. The Labute approximate surface area is 126 Å². The molecule has 6 nitrogen and oxygen atoms in total. The van der Waals surface area contributed by atoms with Gasteiger partial charge in [-0.25, -0.2) is 0 Å². The topological polar surface area (TPSA) is 66.0 Å². The number of nitrogens with zero attached hydrogens (tertiary/aromatic N) is 2. The quantitative estimate of drug-likeness (QED) is 0.602. The van der Waals surface area contributed by atoms with Crippen molar-refractivity contribution in [3.63, 3.8) is 0 Å². The van der Waals surface area contributed by atoms with Gasteiger partial charge in [-0.05, 0) is 6.07 Å². The summed E-state index contributed by atoms with van der Waals surface area (Å²) in [5.74, 6) is 1.58. The van der Waals surface area contributed by atoms with Crippen LogP contribution in [0.3, 0.4) is 0 Å². The molecule has 0 atom stereocenters. The standard InChI is InChI=1S/C15H24N4O2/c1-16-15(17-10-9-14(20)19(2)3)18-11-12-7-5-6-8-13(12)21-4/h5-8H,9-11H2,1-4H3,(H2,16,17,18). The number of carbonyl (C=O) groups excluding carboxylic acids is 1. The lowest BCUT2D eigenvalue weighted by Crippen LogP contribution is -2.38. The van der Waals surface area contributed by atoms with Crippen molar-refractivity contribution >= 4 is 11.9 Å². The molecule has 1 rings (SSSR count). The van der Waals surface area contributed by atoms with E-state index in [0.717, 1.165) is 11.3 Å². The lowest BCUT2D eigenvalue weighted by Gasteiger charge is -2.14. The molecule has 2 N–H and O–H groups in total. The van der Waals surface area contributed by atoms with Crippen molar-refractivity contribution in [2.75, 3.05) is 34.8 Å². The first kappa shape index (κ1) is 16.8. The molecule has 0 aliphatic heterocycles. The monoisotopic (exact) mass is 292 g/mol. The third kappa shape index (κ3) is 5.72. The third-order valence-corrected chi connectivity index (χ3v) is 2.99. The SMILES string of the molecule is CN=C(NCCC(=O)N(C)C)NCc1ccccc1OC. The summed E-state index contributed by atoms with van der Waals surface area (Å²) in [5, 5.41) is 6.31. The summed E-state index contributed by atoms with van der Waals surface area (Å²) in [5.41, 5.74) is 1.05. The van der Waals surface area contributed by atoms with Crippen LogP contribution in [0, 0.1) is 0 Å². The number of amides is 1. The number of rotatable bonds is 6. The minimum Gasteiger partial charge on any atom is -0.496 e. The van der Waals surface area contributed by atoms with E-state index >= 15 is 0 Å². The van der Waals surface area contributed by atoms with Crippen molar-refractivity contribution < 1.29 is 9.53 Å². The van der Waals surface area contributed by atoms with Gasteiger partial charge in [0, 0.05) is 46.2 Å². The van der Waals surface area contributed by atoms with Gasteiger partial charge in [-0.15, -0.1) is 0 Å². The number of ether oxygens (including phenoxy) is 1. The fourth-order valence-electron chi connectivity index (χ4n) is 1.76. The molecule has 0 radical (unpaired) electrons. The molecule has 0 aliphatic carbocycles. The number of benzene rings is 1. The molecule has 116 valence electrons. The Bertz CT molecular complexity index is 486. The van der Waals surface area contributed by atoms with Crippen molar-refractivity contribution in [2.45, 2.75) is 13.0 Å². The molecule has 1 aromatic carbocycles. The summed E-state index contributed by atoms with van der Waals surface area (Å²) in [6.07, 6.45) is 0.433. The van der Waals surface area contributed by atoms with Gasteiger partial charge in [0.1, 0.15) is 5.75 Å². The Morgan fingerprint density at radius 3 is 2.62 bits per heavy atom. The van der Waals surface area contributed by atoms with Crippen molar-refractivity contribution in [3.05, 3.63) is 29.8 Å². The highest BCUT2D eigenvalue weighted by atomic mass is 16.5. The van der Waals surface area contributed by atoms with Crippen LogP contribution in [0.5, 0.6) is 5.75 Å². The molecule has 0 heterocycles. The van der Waals surface area contributed by atoms with E-state index in [9.17, 15) is 4.79 Å². The summed E-state index contributed by atoms with van der Waals surface area (Å²) >= 11 is 0. The highest BCUT2D eigenvalue weighted by molar-refractivity contribution is 5.81. The van der Waals surface area contributed by atoms with E-state index in [2.05, 4.69) is 15.6 Å². The molecule has 0 bridgehead atoms. The highest BCUT2D eigenvalue weighted by Gasteiger charge is 2.05. The van der Waals surface area contributed by atoms with Crippen LogP contribution in [0.25, 0.3) is 0 Å². The van der Waals surface area contributed by atoms with Gasteiger partial charge in [-0.1, -0.05) is 18.2 Å². The van der Waals surface area contributed by atoms with Crippen molar-refractivity contribution in [2.24, 2.45) is 4.99 Å². The maximum absolute atomic E-state index is 11.5. The molecular weight excluding hydrogens is 268 g/mol. The number of hydrogen-bond donors (Lipinski definition) is 2. The van der Waals surface area contributed by atoms with Crippen LogP contribution in [0.1, 0.15) is 12.0 Å². The van der Waals surface area contributed by atoms with Crippen molar-refractivity contribution in [1.82, 2.24) is 15.5 Å². The van der Waals surface area contributed by atoms with Gasteiger partial charge in [0.25, 0.3) is 0 Å². The van der Waals surface area contributed by atoms with Gasteiger partial charge in [-0.3, -0.25) is 9.79 Å². The molecule has 1 aromatic rings. The van der Waals surface area contributed by atoms with Gasteiger partial charge in [0.15, 0.2) is 5.96 Å². The van der Waals surface area contributed by atoms with Crippen LogP contribution in [0.4, 0.5) is 0 Å². The molecule has 0 saturated carbocycles. The second-order valence-electron chi connectivity index (χ2n) is 4.70. The number of aliphatic imine (C=N–C) groups is 1. The number of para-hydroxylation sites is 1. The molecule has 0 fully saturated rings. The van der Waals surface area contributed by atoms with Gasteiger partial charge in [-0.2, -0.15) is 0 Å². The third-order valence-electron chi connectivity index (χ3n) is 2.99. The Kier molecular flexibility index (Phi) is 7.08. The first-order chi connectivity index (χ1) is 10.1. The Hall–Kier alpha value is -2.24. The van der Waals surface area contributed by atoms with Crippen LogP contribution in [0.2, 0.25) is 0 Å². The lowest BCUT2D eigenvalue weighted by molar-refractivity contribution is -0.128. The van der Waals surface area contributed by atoms with E-state index in [0.29, 0.717) is 25.5 Å². The van der Waals surface area contributed by atoms with Crippen molar-refractivity contribution in [1.29, 1.82) is 0 Å². The largest absolute Gasteiger partial charge is 0.496 e. The number of carbonyl (C=O) groups is 1. The molecule has 0 spiro atoms. The second-order valence-corrected chi connectivity index (χ2v) is 4.70. The lowest BCUT2D eigenvalue weighted by atomic mass is 10.2. The van der Waals surface area contributed by atoms with E-state index in [1.165, 1.54) is 0 Å². The normalized spacial score (nSPS) is 11.0. The average Bonchev–Trinajstić information content (AvgIpc) is 2.50. The molecule has 0 saturated heterocycles. The van der Waals surface area contributed by atoms with E-state index < -0.39 is 0 Å². The maximum Gasteiger partial charge on any atom is 0.223 e. The number of hydrogen-bond acceptors (Lipinski definition) is 3. The summed E-state index contributed by atoms with van der Waals surface area (Å²) in [6.45, 7) is 1.15. The van der Waals surface area contributed by atoms with Gasteiger partial charge in [0.05, 0.1) is 7.11 Å². The molecule has 0 aromatic heterocycles. The van der Waals surface area contributed by atoms with Crippen LogP contribution >= 0.6 is 0 Å². The van der Waals surface area contributed by atoms with Gasteiger partial charge >= 0.3 is 0 Å². The molecule has 1 amide bonds.